The maximum atomic E-state index is 12.2. The molecule has 0 spiro atoms. The quantitative estimate of drug-likeness (QED) is 0.258. The van der Waals surface area contributed by atoms with E-state index in [-0.39, 0.29) is 17.3 Å². The predicted octanol–water partition coefficient (Wildman–Crippen LogP) is 5.54. The van der Waals surface area contributed by atoms with Crippen LogP contribution in [-0.4, -0.2) is 35.8 Å². The number of carbonyl (C=O) groups is 1. The van der Waals surface area contributed by atoms with Crippen molar-refractivity contribution in [1.82, 2.24) is 29.9 Å². The Hall–Kier alpha value is -5.09. The fourth-order valence-corrected chi connectivity index (χ4v) is 4.31. The Morgan fingerprint density at radius 3 is 2.76 bits per heavy atom. The summed E-state index contributed by atoms with van der Waals surface area (Å²) in [6.45, 7) is 1.97. The standard InChI is InChI=1S/C27H19ClN8O2/c1-14-7-8-16(27-36-22(24(29)37)23(38-27)15-4-2-5-17(28)10-15)11-19(14)35-25-18(6-3-9-30-25)20-21-26(33-12-31-20)34-13-32-21/h2-13H,1H3,(H2,29,37)(H,30,35)(H,31,32,33,34). The minimum atomic E-state index is -0.700. The summed E-state index contributed by atoms with van der Waals surface area (Å²) in [5.74, 6) is 0.387. The number of benzene rings is 2. The molecule has 6 rings (SSSR count). The predicted molar refractivity (Wildman–Crippen MR) is 144 cm³/mol. The first-order valence-electron chi connectivity index (χ1n) is 11.5. The lowest BCUT2D eigenvalue weighted by Crippen LogP contribution is -2.12. The molecule has 0 atom stereocenters. The molecule has 0 fully saturated rings. The number of hydrogen-bond donors (Lipinski definition) is 3. The molecule has 11 heteroatoms. The molecule has 2 aromatic carbocycles. The number of fused-ring (bicyclic) bond motifs is 1. The molecule has 1 amide bonds. The summed E-state index contributed by atoms with van der Waals surface area (Å²) in [5, 5.41) is 3.91. The second-order valence-electron chi connectivity index (χ2n) is 8.45. The molecule has 6 aromatic rings. The molecule has 0 saturated carbocycles. The number of amides is 1. The average molecular weight is 523 g/mol. The smallest absolute Gasteiger partial charge is 0.271 e. The van der Waals surface area contributed by atoms with Crippen molar-refractivity contribution >= 4 is 40.2 Å². The van der Waals surface area contributed by atoms with Crippen LogP contribution in [0.3, 0.4) is 0 Å². The number of primary amides is 1. The zero-order valence-electron chi connectivity index (χ0n) is 19.9. The highest BCUT2D eigenvalue weighted by atomic mass is 35.5. The topological polar surface area (TPSA) is 148 Å². The molecule has 10 nitrogen and oxygen atoms in total. The fourth-order valence-electron chi connectivity index (χ4n) is 4.12. The Morgan fingerprint density at radius 1 is 1.03 bits per heavy atom. The molecular weight excluding hydrogens is 504 g/mol. The van der Waals surface area contributed by atoms with Gasteiger partial charge >= 0.3 is 0 Å². The maximum absolute atomic E-state index is 12.2. The van der Waals surface area contributed by atoms with E-state index in [9.17, 15) is 4.79 Å². The van der Waals surface area contributed by atoms with Gasteiger partial charge in [0, 0.05) is 33.6 Å². The van der Waals surface area contributed by atoms with E-state index in [4.69, 9.17) is 21.8 Å². The highest BCUT2D eigenvalue weighted by molar-refractivity contribution is 6.30. The van der Waals surface area contributed by atoms with Gasteiger partial charge in [0.1, 0.15) is 23.4 Å². The van der Waals surface area contributed by atoms with Gasteiger partial charge in [-0.3, -0.25) is 4.79 Å². The van der Waals surface area contributed by atoms with E-state index in [1.807, 2.05) is 37.3 Å². The zero-order valence-corrected chi connectivity index (χ0v) is 20.7. The normalized spacial score (nSPS) is 11.1. The Morgan fingerprint density at radius 2 is 1.92 bits per heavy atom. The minimum Gasteiger partial charge on any atom is -0.435 e. The Balaban J connectivity index is 1.40. The van der Waals surface area contributed by atoms with Crippen molar-refractivity contribution in [3.63, 3.8) is 0 Å². The molecule has 0 radical (unpaired) electrons. The highest BCUT2D eigenvalue weighted by Crippen LogP contribution is 2.35. The van der Waals surface area contributed by atoms with Crippen LogP contribution < -0.4 is 11.1 Å². The van der Waals surface area contributed by atoms with Gasteiger partial charge in [-0.15, -0.1) is 0 Å². The first kappa shape index (κ1) is 23.3. The van der Waals surface area contributed by atoms with Crippen LogP contribution in [0.4, 0.5) is 11.5 Å². The number of nitrogens with two attached hydrogens (primary N) is 1. The van der Waals surface area contributed by atoms with Gasteiger partial charge in [0.2, 0.25) is 5.89 Å². The van der Waals surface area contributed by atoms with Crippen LogP contribution in [-0.2, 0) is 0 Å². The third-order valence-electron chi connectivity index (χ3n) is 5.97. The van der Waals surface area contributed by atoms with Gasteiger partial charge in [-0.25, -0.2) is 24.9 Å². The first-order valence-corrected chi connectivity index (χ1v) is 11.9. The molecular formula is C27H19ClN8O2. The second kappa shape index (κ2) is 9.41. The van der Waals surface area contributed by atoms with Gasteiger partial charge < -0.3 is 20.5 Å². The molecule has 4 heterocycles. The van der Waals surface area contributed by atoms with E-state index in [1.165, 1.54) is 6.33 Å². The number of aryl methyl sites for hydroxylation is 1. The number of halogens is 1. The Bertz CT molecular complexity index is 1830. The Kier molecular flexibility index (Phi) is 5.78. The van der Waals surface area contributed by atoms with Gasteiger partial charge in [-0.05, 0) is 48.9 Å². The number of pyridine rings is 1. The van der Waals surface area contributed by atoms with E-state index in [2.05, 4.69) is 35.2 Å². The van der Waals surface area contributed by atoms with Crippen LogP contribution in [0.15, 0.2) is 77.9 Å². The van der Waals surface area contributed by atoms with Crippen LogP contribution in [0.1, 0.15) is 16.1 Å². The van der Waals surface area contributed by atoms with Gasteiger partial charge in [-0.1, -0.05) is 29.8 Å². The van der Waals surface area contributed by atoms with Crippen molar-refractivity contribution in [2.75, 3.05) is 5.32 Å². The number of aromatic amines is 1. The van der Waals surface area contributed by atoms with Crippen molar-refractivity contribution in [2.45, 2.75) is 6.92 Å². The van der Waals surface area contributed by atoms with Crippen LogP contribution in [0.2, 0.25) is 5.02 Å². The number of H-pyrrole nitrogens is 1. The van der Waals surface area contributed by atoms with E-state index in [1.54, 1.807) is 36.8 Å². The van der Waals surface area contributed by atoms with E-state index in [0.29, 0.717) is 38.8 Å². The highest BCUT2D eigenvalue weighted by Gasteiger charge is 2.21. The second-order valence-corrected chi connectivity index (χ2v) is 8.89. The van der Waals surface area contributed by atoms with E-state index < -0.39 is 5.91 Å². The van der Waals surface area contributed by atoms with Crippen LogP contribution in [0, 0.1) is 6.92 Å². The maximum Gasteiger partial charge on any atom is 0.271 e. The number of carbonyl (C=O) groups excluding carboxylic acids is 1. The summed E-state index contributed by atoms with van der Waals surface area (Å²) in [4.78, 5) is 37.1. The molecule has 0 aliphatic rings. The summed E-state index contributed by atoms with van der Waals surface area (Å²) in [6.07, 6.45) is 4.74. The van der Waals surface area contributed by atoms with Crippen molar-refractivity contribution in [3.8, 4) is 34.0 Å². The molecule has 0 aliphatic carbocycles. The van der Waals surface area contributed by atoms with E-state index >= 15 is 0 Å². The summed E-state index contributed by atoms with van der Waals surface area (Å²) >= 11 is 6.14. The average Bonchev–Trinajstić information content (AvgIpc) is 3.58. The summed E-state index contributed by atoms with van der Waals surface area (Å²) in [7, 11) is 0. The number of oxazole rings is 1. The third-order valence-corrected chi connectivity index (χ3v) is 6.21. The molecule has 0 saturated heterocycles. The lowest BCUT2D eigenvalue weighted by Gasteiger charge is -2.13. The molecule has 4 N–H and O–H groups in total. The summed E-state index contributed by atoms with van der Waals surface area (Å²) < 4.78 is 6.04. The van der Waals surface area contributed by atoms with E-state index in [0.717, 1.165) is 16.8 Å². The number of nitrogens with zero attached hydrogens (tertiary/aromatic N) is 5. The number of hydrogen-bond acceptors (Lipinski definition) is 8. The van der Waals surface area contributed by atoms with Crippen LogP contribution in [0.5, 0.6) is 0 Å². The van der Waals surface area contributed by atoms with Gasteiger partial charge in [-0.2, -0.15) is 0 Å². The molecule has 4 aromatic heterocycles. The van der Waals surface area contributed by atoms with Gasteiger partial charge in [0.05, 0.1) is 6.33 Å². The van der Waals surface area contributed by atoms with Crippen LogP contribution in [0.25, 0.3) is 45.2 Å². The van der Waals surface area contributed by atoms with Crippen molar-refractivity contribution in [1.29, 1.82) is 0 Å². The number of aromatic nitrogens is 6. The molecule has 38 heavy (non-hydrogen) atoms. The van der Waals surface area contributed by atoms with Gasteiger partial charge in [0.15, 0.2) is 17.1 Å². The molecule has 0 aliphatic heterocycles. The number of nitrogens with one attached hydrogen (secondary N) is 2. The minimum absolute atomic E-state index is 0.0247. The number of imidazole rings is 1. The Labute approximate surface area is 221 Å². The molecule has 0 unspecified atom stereocenters. The molecule has 0 bridgehead atoms. The lowest BCUT2D eigenvalue weighted by atomic mass is 10.1. The third kappa shape index (κ3) is 4.22. The fraction of sp³-hybridized carbons (Fsp3) is 0.0370. The van der Waals surface area contributed by atoms with Crippen molar-refractivity contribution < 1.29 is 9.21 Å². The first-order chi connectivity index (χ1) is 18.5. The monoisotopic (exact) mass is 522 g/mol. The number of anilines is 2. The van der Waals surface area contributed by atoms with Crippen molar-refractivity contribution in [3.05, 3.63) is 89.7 Å². The summed E-state index contributed by atoms with van der Waals surface area (Å²) in [5.41, 5.74) is 11.3. The SMILES string of the molecule is Cc1ccc(-c2nc(C(N)=O)c(-c3cccc(Cl)c3)o2)cc1Nc1ncccc1-c1ncnc2nc[nH]c12. The summed E-state index contributed by atoms with van der Waals surface area (Å²) in [6, 6.07) is 16.4. The number of rotatable bonds is 6. The van der Waals surface area contributed by atoms with Crippen molar-refractivity contribution in [2.24, 2.45) is 5.73 Å². The van der Waals surface area contributed by atoms with Crippen LogP contribution >= 0.6 is 11.6 Å². The molecule has 186 valence electrons. The largest absolute Gasteiger partial charge is 0.435 e. The lowest BCUT2D eigenvalue weighted by molar-refractivity contribution is 0.0996. The zero-order chi connectivity index (χ0) is 26.2. The van der Waals surface area contributed by atoms with Gasteiger partial charge in [0.25, 0.3) is 5.91 Å².